The third kappa shape index (κ3) is 5.43. The molecule has 0 aliphatic carbocycles. The van der Waals surface area contributed by atoms with Gasteiger partial charge in [-0.05, 0) is 36.1 Å². The minimum Gasteiger partial charge on any atom is -0.492 e. The average Bonchev–Trinajstić information content (AvgIpc) is 2.47. The monoisotopic (exact) mass is 328 g/mol. The zero-order valence-corrected chi connectivity index (χ0v) is 14.7. The minimum absolute atomic E-state index is 0. The number of nitrogens with two attached hydrogens (primary N) is 1. The van der Waals surface area contributed by atoms with Gasteiger partial charge in [0, 0.05) is 26.2 Å². The SMILES string of the molecule is Cc1cc(OCCN2CCOC(CN)C2)ccc1C(C)C.Cl. The second-order valence-electron chi connectivity index (χ2n) is 6.05. The highest BCUT2D eigenvalue weighted by molar-refractivity contribution is 5.85. The quantitative estimate of drug-likeness (QED) is 0.872. The summed E-state index contributed by atoms with van der Waals surface area (Å²) in [6, 6.07) is 6.39. The van der Waals surface area contributed by atoms with Gasteiger partial charge in [0.15, 0.2) is 0 Å². The Bertz CT molecular complexity index is 454. The Kier molecular flexibility index (Phi) is 8.18. The Morgan fingerprint density at radius 2 is 2.18 bits per heavy atom. The van der Waals surface area contributed by atoms with Crippen LogP contribution in [-0.2, 0) is 4.74 Å². The Morgan fingerprint density at radius 3 is 2.82 bits per heavy atom. The Hall–Kier alpha value is -0.810. The van der Waals surface area contributed by atoms with Crippen molar-refractivity contribution in [2.45, 2.75) is 32.8 Å². The Labute approximate surface area is 140 Å². The number of nitrogens with zero attached hydrogens (tertiary/aromatic N) is 1. The van der Waals surface area contributed by atoms with E-state index in [2.05, 4.69) is 43.9 Å². The maximum absolute atomic E-state index is 5.88. The summed E-state index contributed by atoms with van der Waals surface area (Å²) in [4.78, 5) is 2.36. The van der Waals surface area contributed by atoms with Crippen LogP contribution in [0.4, 0.5) is 0 Å². The van der Waals surface area contributed by atoms with E-state index < -0.39 is 0 Å². The molecule has 0 aromatic heterocycles. The molecule has 0 bridgehead atoms. The fourth-order valence-electron chi connectivity index (χ4n) is 2.80. The highest BCUT2D eigenvalue weighted by atomic mass is 35.5. The van der Waals surface area contributed by atoms with Gasteiger partial charge in [-0.3, -0.25) is 4.90 Å². The lowest BCUT2D eigenvalue weighted by Gasteiger charge is -2.32. The van der Waals surface area contributed by atoms with Gasteiger partial charge in [-0.25, -0.2) is 0 Å². The summed E-state index contributed by atoms with van der Waals surface area (Å²) in [6.07, 6.45) is 0.173. The Morgan fingerprint density at radius 1 is 1.41 bits per heavy atom. The van der Waals surface area contributed by atoms with Crippen LogP contribution in [0.15, 0.2) is 18.2 Å². The van der Waals surface area contributed by atoms with E-state index in [9.17, 15) is 0 Å². The molecule has 2 rings (SSSR count). The lowest BCUT2D eigenvalue weighted by atomic mass is 9.98. The summed E-state index contributed by atoms with van der Waals surface area (Å²) >= 11 is 0. The van der Waals surface area contributed by atoms with Crippen molar-refractivity contribution in [2.75, 3.05) is 39.4 Å². The number of ether oxygens (including phenoxy) is 2. The van der Waals surface area contributed by atoms with Crippen LogP contribution in [-0.4, -0.2) is 50.4 Å². The molecule has 1 aromatic rings. The number of aryl methyl sites for hydroxylation is 1. The molecule has 126 valence electrons. The van der Waals surface area contributed by atoms with Crippen LogP contribution in [0.25, 0.3) is 0 Å². The van der Waals surface area contributed by atoms with Gasteiger partial charge in [-0.15, -0.1) is 12.4 Å². The topological polar surface area (TPSA) is 47.7 Å². The molecule has 1 aromatic carbocycles. The molecular formula is C17H29ClN2O2. The van der Waals surface area contributed by atoms with Crippen LogP contribution in [0.1, 0.15) is 30.9 Å². The van der Waals surface area contributed by atoms with E-state index in [-0.39, 0.29) is 18.5 Å². The van der Waals surface area contributed by atoms with Crippen LogP contribution in [0.3, 0.4) is 0 Å². The molecule has 22 heavy (non-hydrogen) atoms. The molecule has 1 aliphatic heterocycles. The second-order valence-corrected chi connectivity index (χ2v) is 6.05. The van der Waals surface area contributed by atoms with E-state index in [1.54, 1.807) is 0 Å². The molecule has 1 saturated heterocycles. The largest absolute Gasteiger partial charge is 0.492 e. The third-order valence-corrected chi connectivity index (χ3v) is 4.03. The molecule has 1 atom stereocenters. The molecular weight excluding hydrogens is 300 g/mol. The number of halogens is 1. The highest BCUT2D eigenvalue weighted by Gasteiger charge is 2.18. The standard InChI is InChI=1S/C17H28N2O2.ClH/c1-13(2)17-5-4-15(10-14(17)3)20-8-6-19-7-9-21-16(11-18)12-19;/h4-5,10,13,16H,6-9,11-12,18H2,1-3H3;1H. The number of benzene rings is 1. The molecule has 1 aliphatic rings. The number of morpholine rings is 1. The van der Waals surface area contributed by atoms with Gasteiger partial charge in [0.25, 0.3) is 0 Å². The summed E-state index contributed by atoms with van der Waals surface area (Å²) in [5, 5.41) is 0. The molecule has 5 heteroatoms. The van der Waals surface area contributed by atoms with Crippen molar-refractivity contribution >= 4 is 12.4 Å². The lowest BCUT2D eigenvalue weighted by Crippen LogP contribution is -2.46. The molecule has 0 radical (unpaired) electrons. The predicted octanol–water partition coefficient (Wildman–Crippen LogP) is 2.58. The van der Waals surface area contributed by atoms with Gasteiger partial charge >= 0.3 is 0 Å². The molecule has 0 spiro atoms. The molecule has 1 unspecified atom stereocenters. The van der Waals surface area contributed by atoms with E-state index in [1.807, 2.05) is 0 Å². The zero-order valence-electron chi connectivity index (χ0n) is 13.9. The van der Waals surface area contributed by atoms with Crippen molar-refractivity contribution in [1.82, 2.24) is 4.90 Å². The first-order valence-corrected chi connectivity index (χ1v) is 7.87. The lowest BCUT2D eigenvalue weighted by molar-refractivity contribution is -0.0261. The van der Waals surface area contributed by atoms with Crippen LogP contribution >= 0.6 is 12.4 Å². The van der Waals surface area contributed by atoms with Crippen molar-refractivity contribution in [3.8, 4) is 5.75 Å². The van der Waals surface area contributed by atoms with E-state index in [0.717, 1.165) is 32.0 Å². The zero-order chi connectivity index (χ0) is 15.2. The number of hydrogen-bond acceptors (Lipinski definition) is 4. The van der Waals surface area contributed by atoms with Gasteiger partial charge in [-0.2, -0.15) is 0 Å². The van der Waals surface area contributed by atoms with Crippen LogP contribution in [0.5, 0.6) is 5.75 Å². The number of hydrogen-bond donors (Lipinski definition) is 1. The van der Waals surface area contributed by atoms with Crippen molar-refractivity contribution in [2.24, 2.45) is 5.73 Å². The normalized spacial score (nSPS) is 19.0. The van der Waals surface area contributed by atoms with E-state index in [1.165, 1.54) is 11.1 Å². The molecule has 1 fully saturated rings. The molecule has 1 heterocycles. The first kappa shape index (κ1) is 19.2. The van der Waals surface area contributed by atoms with Crippen molar-refractivity contribution in [3.63, 3.8) is 0 Å². The first-order chi connectivity index (χ1) is 10.1. The van der Waals surface area contributed by atoms with Crippen molar-refractivity contribution in [3.05, 3.63) is 29.3 Å². The molecule has 4 nitrogen and oxygen atoms in total. The first-order valence-electron chi connectivity index (χ1n) is 7.87. The highest BCUT2D eigenvalue weighted by Crippen LogP contribution is 2.23. The third-order valence-electron chi connectivity index (χ3n) is 4.03. The van der Waals surface area contributed by atoms with Crippen molar-refractivity contribution < 1.29 is 9.47 Å². The van der Waals surface area contributed by atoms with Crippen LogP contribution in [0, 0.1) is 6.92 Å². The van der Waals surface area contributed by atoms with Gasteiger partial charge in [-0.1, -0.05) is 19.9 Å². The smallest absolute Gasteiger partial charge is 0.119 e. The van der Waals surface area contributed by atoms with Crippen LogP contribution < -0.4 is 10.5 Å². The average molecular weight is 329 g/mol. The summed E-state index contributed by atoms with van der Waals surface area (Å²) in [5.74, 6) is 1.51. The van der Waals surface area contributed by atoms with E-state index in [4.69, 9.17) is 15.2 Å². The molecule has 2 N–H and O–H groups in total. The summed E-state index contributed by atoms with van der Waals surface area (Å²) < 4.78 is 11.4. The molecule has 0 amide bonds. The van der Waals surface area contributed by atoms with Crippen molar-refractivity contribution in [1.29, 1.82) is 0 Å². The van der Waals surface area contributed by atoms with Gasteiger partial charge < -0.3 is 15.2 Å². The minimum atomic E-state index is 0. The van der Waals surface area contributed by atoms with E-state index >= 15 is 0 Å². The van der Waals surface area contributed by atoms with E-state index in [0.29, 0.717) is 19.1 Å². The maximum atomic E-state index is 5.88. The fraction of sp³-hybridized carbons (Fsp3) is 0.647. The number of rotatable bonds is 6. The van der Waals surface area contributed by atoms with Gasteiger partial charge in [0.05, 0.1) is 12.7 Å². The summed E-state index contributed by atoms with van der Waals surface area (Å²) in [6.45, 7) is 11.4. The summed E-state index contributed by atoms with van der Waals surface area (Å²) in [5.41, 5.74) is 8.35. The predicted molar refractivity (Wildman–Crippen MR) is 93.2 cm³/mol. The van der Waals surface area contributed by atoms with Gasteiger partial charge in [0.2, 0.25) is 0 Å². The molecule has 0 saturated carbocycles. The Balaban J connectivity index is 0.00000242. The maximum Gasteiger partial charge on any atom is 0.119 e. The fourth-order valence-corrected chi connectivity index (χ4v) is 2.80. The second kappa shape index (κ2) is 9.36. The van der Waals surface area contributed by atoms with Crippen LogP contribution in [0.2, 0.25) is 0 Å². The van der Waals surface area contributed by atoms with Gasteiger partial charge in [0.1, 0.15) is 12.4 Å². The summed E-state index contributed by atoms with van der Waals surface area (Å²) in [7, 11) is 0.